The maximum atomic E-state index is 11.5. The van der Waals surface area contributed by atoms with Crippen molar-refractivity contribution in [2.45, 2.75) is 12.5 Å². The first-order valence-corrected chi connectivity index (χ1v) is 6.28. The molecule has 1 aliphatic heterocycles. The highest BCUT2D eigenvalue weighted by atomic mass is 16.5. The van der Waals surface area contributed by atoms with E-state index in [2.05, 4.69) is 16.3 Å². The quantitative estimate of drug-likeness (QED) is 0.825. The zero-order chi connectivity index (χ0) is 13.7. The minimum Gasteiger partial charge on any atom is -0.465 e. The molecule has 1 N–H and O–H groups in total. The number of hydrogen-bond acceptors (Lipinski definition) is 5. The molecule has 0 radical (unpaired) electrons. The molecule has 1 unspecified atom stereocenters. The molecule has 0 aliphatic carbocycles. The van der Waals surface area contributed by atoms with Crippen LogP contribution in [-0.2, 0) is 4.74 Å². The fraction of sp³-hybridized carbons (Fsp3) is 0.429. The van der Waals surface area contributed by atoms with Crippen LogP contribution >= 0.6 is 0 Å². The highest BCUT2D eigenvalue weighted by Crippen LogP contribution is 2.19. The fourth-order valence-corrected chi connectivity index (χ4v) is 2.25. The number of esters is 1. The second kappa shape index (κ2) is 6.21. The summed E-state index contributed by atoms with van der Waals surface area (Å²) in [4.78, 5) is 13.7. The Labute approximate surface area is 112 Å². The standard InChI is InChI=1S/C14H17N3O2/c1-19-14(18)11-3-2-4-13(9-11)17-8-7-16-12(10-17)5-6-15/h2-4,9,12,16H,5,7-8,10H2,1H3. The normalized spacial score (nSPS) is 18.7. The number of nitrogens with one attached hydrogen (secondary N) is 1. The SMILES string of the molecule is COC(=O)c1cccc(N2CCNC(CC#N)C2)c1. The summed E-state index contributed by atoms with van der Waals surface area (Å²) in [6, 6.07) is 9.76. The maximum Gasteiger partial charge on any atom is 0.337 e. The first-order valence-electron chi connectivity index (χ1n) is 6.28. The highest BCUT2D eigenvalue weighted by molar-refractivity contribution is 5.90. The van der Waals surface area contributed by atoms with Gasteiger partial charge in [-0.3, -0.25) is 0 Å². The van der Waals surface area contributed by atoms with Gasteiger partial charge in [-0.15, -0.1) is 0 Å². The lowest BCUT2D eigenvalue weighted by Gasteiger charge is -2.34. The van der Waals surface area contributed by atoms with Crippen LogP contribution in [0.15, 0.2) is 24.3 Å². The monoisotopic (exact) mass is 259 g/mol. The Bertz CT molecular complexity index is 496. The van der Waals surface area contributed by atoms with Gasteiger partial charge in [0.2, 0.25) is 0 Å². The zero-order valence-corrected chi connectivity index (χ0v) is 10.9. The molecule has 1 heterocycles. The Morgan fingerprint density at radius 2 is 2.47 bits per heavy atom. The molecule has 100 valence electrons. The van der Waals surface area contributed by atoms with Gasteiger partial charge in [0.05, 0.1) is 25.2 Å². The van der Waals surface area contributed by atoms with Crippen LogP contribution in [0.5, 0.6) is 0 Å². The molecule has 0 spiro atoms. The van der Waals surface area contributed by atoms with Gasteiger partial charge in [-0.2, -0.15) is 5.26 Å². The maximum absolute atomic E-state index is 11.5. The van der Waals surface area contributed by atoms with Crippen LogP contribution in [0.25, 0.3) is 0 Å². The smallest absolute Gasteiger partial charge is 0.337 e. The fourth-order valence-electron chi connectivity index (χ4n) is 2.25. The van der Waals surface area contributed by atoms with Crippen molar-refractivity contribution in [3.05, 3.63) is 29.8 Å². The third-order valence-corrected chi connectivity index (χ3v) is 3.23. The molecule has 0 amide bonds. The van der Waals surface area contributed by atoms with Crippen molar-refractivity contribution in [3.63, 3.8) is 0 Å². The molecule has 0 aromatic heterocycles. The van der Waals surface area contributed by atoms with Crippen LogP contribution in [0.2, 0.25) is 0 Å². The summed E-state index contributed by atoms with van der Waals surface area (Å²) in [5.74, 6) is -0.328. The van der Waals surface area contributed by atoms with E-state index in [0.717, 1.165) is 25.3 Å². The number of benzene rings is 1. The predicted molar refractivity (Wildman–Crippen MR) is 72.0 cm³/mol. The first kappa shape index (κ1) is 13.4. The topological polar surface area (TPSA) is 65.4 Å². The highest BCUT2D eigenvalue weighted by Gasteiger charge is 2.19. The molecule has 2 rings (SSSR count). The minimum absolute atomic E-state index is 0.181. The Morgan fingerprint density at radius 3 is 3.21 bits per heavy atom. The Morgan fingerprint density at radius 1 is 1.63 bits per heavy atom. The van der Waals surface area contributed by atoms with Gasteiger partial charge in [-0.25, -0.2) is 4.79 Å². The lowest BCUT2D eigenvalue weighted by Crippen LogP contribution is -2.50. The van der Waals surface area contributed by atoms with E-state index in [1.54, 1.807) is 6.07 Å². The number of anilines is 1. The molecular formula is C14H17N3O2. The minimum atomic E-state index is -0.328. The second-order valence-corrected chi connectivity index (χ2v) is 4.50. The van der Waals surface area contributed by atoms with E-state index in [1.807, 2.05) is 18.2 Å². The van der Waals surface area contributed by atoms with Crippen molar-refractivity contribution in [2.75, 3.05) is 31.6 Å². The van der Waals surface area contributed by atoms with Crippen molar-refractivity contribution < 1.29 is 9.53 Å². The second-order valence-electron chi connectivity index (χ2n) is 4.50. The van der Waals surface area contributed by atoms with E-state index in [-0.39, 0.29) is 12.0 Å². The molecule has 1 fully saturated rings. The van der Waals surface area contributed by atoms with Gasteiger partial charge in [0.15, 0.2) is 0 Å². The number of ether oxygens (including phenoxy) is 1. The summed E-state index contributed by atoms with van der Waals surface area (Å²) in [5, 5.41) is 12.1. The number of nitriles is 1. The van der Waals surface area contributed by atoms with Crippen LogP contribution < -0.4 is 10.2 Å². The molecule has 5 nitrogen and oxygen atoms in total. The van der Waals surface area contributed by atoms with Crippen LogP contribution in [0.3, 0.4) is 0 Å². The number of carbonyl (C=O) groups is 1. The van der Waals surface area contributed by atoms with Gasteiger partial charge in [0.25, 0.3) is 0 Å². The van der Waals surface area contributed by atoms with Gasteiger partial charge in [-0.1, -0.05) is 6.07 Å². The number of hydrogen-bond donors (Lipinski definition) is 1. The van der Waals surface area contributed by atoms with E-state index in [9.17, 15) is 4.79 Å². The number of carbonyl (C=O) groups excluding carboxylic acids is 1. The van der Waals surface area contributed by atoms with Gasteiger partial charge in [0, 0.05) is 31.4 Å². The lowest BCUT2D eigenvalue weighted by atomic mass is 10.1. The van der Waals surface area contributed by atoms with Crippen molar-refractivity contribution >= 4 is 11.7 Å². The molecule has 19 heavy (non-hydrogen) atoms. The van der Waals surface area contributed by atoms with Gasteiger partial charge in [-0.05, 0) is 18.2 Å². The van der Waals surface area contributed by atoms with Crippen molar-refractivity contribution in [3.8, 4) is 6.07 Å². The van der Waals surface area contributed by atoms with E-state index in [4.69, 9.17) is 10.00 Å². The number of piperazine rings is 1. The molecule has 0 bridgehead atoms. The Balaban J connectivity index is 2.13. The Kier molecular flexibility index (Phi) is 4.37. The molecule has 1 aliphatic rings. The average Bonchev–Trinajstić information content (AvgIpc) is 2.47. The van der Waals surface area contributed by atoms with Crippen LogP contribution in [-0.4, -0.2) is 38.8 Å². The zero-order valence-electron chi connectivity index (χ0n) is 10.9. The van der Waals surface area contributed by atoms with Crippen molar-refractivity contribution in [1.82, 2.24) is 5.32 Å². The van der Waals surface area contributed by atoms with E-state index in [1.165, 1.54) is 7.11 Å². The summed E-state index contributed by atoms with van der Waals surface area (Å²) in [5.41, 5.74) is 1.54. The van der Waals surface area contributed by atoms with E-state index < -0.39 is 0 Å². The molecule has 0 saturated carbocycles. The van der Waals surface area contributed by atoms with Gasteiger partial charge in [0.1, 0.15) is 0 Å². The predicted octanol–water partition coefficient (Wildman–Crippen LogP) is 1.17. The van der Waals surface area contributed by atoms with Crippen molar-refractivity contribution in [2.24, 2.45) is 0 Å². The summed E-state index contributed by atoms with van der Waals surface area (Å²) >= 11 is 0. The van der Waals surface area contributed by atoms with E-state index >= 15 is 0 Å². The van der Waals surface area contributed by atoms with Gasteiger partial charge < -0.3 is 15.0 Å². The first-order chi connectivity index (χ1) is 9.24. The molecule has 1 atom stereocenters. The number of methoxy groups -OCH3 is 1. The molecular weight excluding hydrogens is 242 g/mol. The van der Waals surface area contributed by atoms with Crippen LogP contribution in [0, 0.1) is 11.3 Å². The third-order valence-electron chi connectivity index (χ3n) is 3.23. The number of rotatable bonds is 3. The van der Waals surface area contributed by atoms with Gasteiger partial charge >= 0.3 is 5.97 Å². The van der Waals surface area contributed by atoms with Crippen LogP contribution in [0.4, 0.5) is 5.69 Å². The molecule has 1 saturated heterocycles. The Hall–Kier alpha value is -2.06. The average molecular weight is 259 g/mol. The van der Waals surface area contributed by atoms with Crippen LogP contribution in [0.1, 0.15) is 16.8 Å². The largest absolute Gasteiger partial charge is 0.465 e. The molecule has 1 aromatic carbocycles. The summed E-state index contributed by atoms with van der Waals surface area (Å²) in [6.07, 6.45) is 0.493. The number of nitrogens with zero attached hydrogens (tertiary/aromatic N) is 2. The summed E-state index contributed by atoms with van der Waals surface area (Å²) < 4.78 is 4.73. The molecule has 5 heteroatoms. The van der Waals surface area contributed by atoms with E-state index in [0.29, 0.717) is 12.0 Å². The summed E-state index contributed by atoms with van der Waals surface area (Å²) in [7, 11) is 1.38. The summed E-state index contributed by atoms with van der Waals surface area (Å²) in [6.45, 7) is 2.49. The third kappa shape index (κ3) is 3.24. The lowest BCUT2D eigenvalue weighted by molar-refractivity contribution is 0.0601. The van der Waals surface area contributed by atoms with Crippen molar-refractivity contribution in [1.29, 1.82) is 5.26 Å². The molecule has 1 aromatic rings.